The van der Waals surface area contributed by atoms with E-state index in [1.807, 2.05) is 0 Å². The number of thiazole rings is 1. The van der Waals surface area contributed by atoms with Crippen LogP contribution in [-0.4, -0.2) is 42.0 Å². The highest BCUT2D eigenvalue weighted by Crippen LogP contribution is 2.28. The van der Waals surface area contributed by atoms with Crippen LogP contribution >= 0.6 is 35.3 Å². The van der Waals surface area contributed by atoms with Crippen molar-refractivity contribution in [3.05, 3.63) is 29.3 Å². The van der Waals surface area contributed by atoms with Gasteiger partial charge in [0.25, 0.3) is 0 Å². The number of rotatable bonds is 5. The fraction of sp³-hybridized carbons (Fsp3) is 0.579. The number of aliphatic imine (C=N–C) groups is 1. The summed E-state index contributed by atoms with van der Waals surface area (Å²) in [6.45, 7) is 10.8. The van der Waals surface area contributed by atoms with Crippen molar-refractivity contribution in [1.29, 1.82) is 0 Å². The summed E-state index contributed by atoms with van der Waals surface area (Å²) in [6, 6.07) is 8.37. The minimum Gasteiger partial charge on any atom is -0.357 e. The van der Waals surface area contributed by atoms with Gasteiger partial charge in [0, 0.05) is 32.6 Å². The standard InChI is InChI=1S/C19H28N4S.HI/c1-4-20-18(23-13-11-19(2,3)14-23)21-12-7-10-17-22-15-8-5-6-9-16(15)24-17;/h5-6,8-9H,4,7,10-14H2,1-3H3,(H,20,21);1H. The summed E-state index contributed by atoms with van der Waals surface area (Å²) in [5, 5.41) is 4.67. The molecule has 0 bridgehead atoms. The zero-order valence-electron chi connectivity index (χ0n) is 15.4. The van der Waals surface area contributed by atoms with E-state index in [2.05, 4.69) is 55.3 Å². The molecule has 0 atom stereocenters. The third-order valence-electron chi connectivity index (χ3n) is 4.46. The summed E-state index contributed by atoms with van der Waals surface area (Å²) in [6.07, 6.45) is 3.29. The number of hydrogen-bond acceptors (Lipinski definition) is 3. The molecule has 0 aliphatic carbocycles. The number of para-hydroxylation sites is 1. The maximum absolute atomic E-state index is 4.84. The Morgan fingerprint density at radius 2 is 2.16 bits per heavy atom. The Hall–Kier alpha value is -0.890. The van der Waals surface area contributed by atoms with E-state index in [0.717, 1.165) is 50.5 Å². The van der Waals surface area contributed by atoms with Gasteiger partial charge in [-0.05, 0) is 37.3 Å². The molecule has 1 fully saturated rings. The van der Waals surface area contributed by atoms with E-state index < -0.39 is 0 Å². The second-order valence-corrected chi connectivity index (χ2v) is 8.37. The largest absolute Gasteiger partial charge is 0.357 e. The lowest BCUT2D eigenvalue weighted by atomic mass is 9.93. The van der Waals surface area contributed by atoms with Crippen molar-refractivity contribution in [1.82, 2.24) is 15.2 Å². The Labute approximate surface area is 172 Å². The lowest BCUT2D eigenvalue weighted by Crippen LogP contribution is -2.40. The molecule has 0 amide bonds. The van der Waals surface area contributed by atoms with Crippen molar-refractivity contribution < 1.29 is 0 Å². The number of halogens is 1. The monoisotopic (exact) mass is 472 g/mol. The number of likely N-dealkylation sites (tertiary alicyclic amines) is 1. The van der Waals surface area contributed by atoms with E-state index >= 15 is 0 Å². The second-order valence-electron chi connectivity index (χ2n) is 7.25. The maximum atomic E-state index is 4.84. The molecule has 2 heterocycles. The third-order valence-corrected chi connectivity index (χ3v) is 5.56. The minimum atomic E-state index is 0. The van der Waals surface area contributed by atoms with E-state index in [4.69, 9.17) is 9.98 Å². The Morgan fingerprint density at radius 3 is 2.84 bits per heavy atom. The van der Waals surface area contributed by atoms with Crippen LogP contribution in [0.2, 0.25) is 0 Å². The van der Waals surface area contributed by atoms with Crippen LogP contribution in [0.5, 0.6) is 0 Å². The molecule has 1 aromatic carbocycles. The van der Waals surface area contributed by atoms with Crippen LogP contribution in [0, 0.1) is 5.41 Å². The summed E-state index contributed by atoms with van der Waals surface area (Å²) in [4.78, 5) is 11.9. The van der Waals surface area contributed by atoms with E-state index in [1.165, 1.54) is 16.1 Å². The highest BCUT2D eigenvalue weighted by Gasteiger charge is 2.30. The summed E-state index contributed by atoms with van der Waals surface area (Å²) in [5.41, 5.74) is 1.52. The van der Waals surface area contributed by atoms with Gasteiger partial charge < -0.3 is 10.2 Å². The Morgan fingerprint density at radius 1 is 1.36 bits per heavy atom. The highest BCUT2D eigenvalue weighted by molar-refractivity contribution is 14.0. The van der Waals surface area contributed by atoms with Gasteiger partial charge in [0.15, 0.2) is 5.96 Å². The Kier molecular flexibility index (Phi) is 7.49. The molecule has 138 valence electrons. The molecule has 1 saturated heterocycles. The molecule has 25 heavy (non-hydrogen) atoms. The molecule has 2 aromatic rings. The molecule has 0 unspecified atom stereocenters. The summed E-state index contributed by atoms with van der Waals surface area (Å²) in [7, 11) is 0. The molecule has 6 heteroatoms. The molecule has 1 aliphatic rings. The van der Waals surface area contributed by atoms with Crippen LogP contribution in [-0.2, 0) is 6.42 Å². The third kappa shape index (κ3) is 5.54. The van der Waals surface area contributed by atoms with Gasteiger partial charge in [0.1, 0.15) is 0 Å². The Bertz CT molecular complexity index is 677. The van der Waals surface area contributed by atoms with Crippen LogP contribution in [0.1, 0.15) is 38.6 Å². The van der Waals surface area contributed by atoms with Gasteiger partial charge in [0.2, 0.25) is 0 Å². The van der Waals surface area contributed by atoms with Gasteiger partial charge in [-0.25, -0.2) is 4.98 Å². The van der Waals surface area contributed by atoms with Crippen molar-refractivity contribution in [2.24, 2.45) is 10.4 Å². The molecular formula is C19H29IN4S. The van der Waals surface area contributed by atoms with Gasteiger partial charge in [-0.15, -0.1) is 35.3 Å². The van der Waals surface area contributed by atoms with Crippen LogP contribution in [0.15, 0.2) is 29.3 Å². The number of nitrogens with one attached hydrogen (secondary N) is 1. The van der Waals surface area contributed by atoms with Crippen LogP contribution < -0.4 is 5.32 Å². The van der Waals surface area contributed by atoms with Crippen molar-refractivity contribution >= 4 is 51.5 Å². The number of nitrogens with zero attached hydrogens (tertiary/aromatic N) is 3. The molecule has 0 spiro atoms. The summed E-state index contributed by atoms with van der Waals surface area (Å²) < 4.78 is 1.28. The number of fused-ring (bicyclic) bond motifs is 1. The first-order valence-corrected chi connectivity index (χ1v) is 9.77. The molecule has 1 aliphatic heterocycles. The normalized spacial score (nSPS) is 16.9. The van der Waals surface area contributed by atoms with E-state index in [0.29, 0.717) is 5.41 Å². The molecule has 3 rings (SSSR count). The van der Waals surface area contributed by atoms with Crippen LogP contribution in [0.25, 0.3) is 10.2 Å². The highest BCUT2D eigenvalue weighted by atomic mass is 127. The first-order chi connectivity index (χ1) is 11.6. The minimum absolute atomic E-state index is 0. The predicted molar refractivity (Wildman–Crippen MR) is 119 cm³/mol. The molecule has 1 aromatic heterocycles. The molecule has 0 radical (unpaired) electrons. The van der Waals surface area contributed by atoms with Crippen LogP contribution in [0.3, 0.4) is 0 Å². The van der Waals surface area contributed by atoms with Crippen molar-refractivity contribution in [3.8, 4) is 0 Å². The Balaban J connectivity index is 0.00000225. The van der Waals surface area contributed by atoms with E-state index in [1.54, 1.807) is 11.3 Å². The zero-order valence-corrected chi connectivity index (χ0v) is 18.6. The lowest BCUT2D eigenvalue weighted by molar-refractivity contribution is 0.370. The van der Waals surface area contributed by atoms with Crippen molar-refractivity contribution in [2.75, 3.05) is 26.2 Å². The number of guanidine groups is 1. The summed E-state index contributed by atoms with van der Waals surface area (Å²) >= 11 is 1.81. The van der Waals surface area contributed by atoms with Gasteiger partial charge in [-0.2, -0.15) is 0 Å². The summed E-state index contributed by atoms with van der Waals surface area (Å²) in [5.74, 6) is 1.08. The topological polar surface area (TPSA) is 40.5 Å². The molecular weight excluding hydrogens is 443 g/mol. The average Bonchev–Trinajstić information content (AvgIpc) is 3.12. The van der Waals surface area contributed by atoms with Crippen molar-refractivity contribution in [2.45, 2.75) is 40.0 Å². The second kappa shape index (κ2) is 9.16. The van der Waals surface area contributed by atoms with Gasteiger partial charge >= 0.3 is 0 Å². The first-order valence-electron chi connectivity index (χ1n) is 8.95. The zero-order chi connectivity index (χ0) is 17.0. The quantitative estimate of drug-likeness (QED) is 0.301. The number of aryl methyl sites for hydroxylation is 1. The number of benzene rings is 1. The smallest absolute Gasteiger partial charge is 0.193 e. The van der Waals surface area contributed by atoms with E-state index in [9.17, 15) is 0 Å². The average molecular weight is 472 g/mol. The molecule has 1 N–H and O–H groups in total. The van der Waals surface area contributed by atoms with Gasteiger partial charge in [-0.1, -0.05) is 26.0 Å². The fourth-order valence-corrected chi connectivity index (χ4v) is 4.17. The van der Waals surface area contributed by atoms with Gasteiger partial charge in [0.05, 0.1) is 15.2 Å². The molecule has 4 nitrogen and oxygen atoms in total. The van der Waals surface area contributed by atoms with Gasteiger partial charge in [-0.3, -0.25) is 4.99 Å². The lowest BCUT2D eigenvalue weighted by Gasteiger charge is -2.23. The molecule has 0 saturated carbocycles. The number of aromatic nitrogens is 1. The SMILES string of the molecule is CCNC(=NCCCc1nc2ccccc2s1)N1CCC(C)(C)C1.I. The van der Waals surface area contributed by atoms with Crippen LogP contribution in [0.4, 0.5) is 0 Å². The van der Waals surface area contributed by atoms with Crippen molar-refractivity contribution in [3.63, 3.8) is 0 Å². The predicted octanol–water partition coefficient (Wildman–Crippen LogP) is 4.54. The maximum Gasteiger partial charge on any atom is 0.193 e. The number of hydrogen-bond donors (Lipinski definition) is 1. The van der Waals surface area contributed by atoms with E-state index in [-0.39, 0.29) is 24.0 Å². The fourth-order valence-electron chi connectivity index (χ4n) is 3.16. The first kappa shape index (κ1) is 20.4.